The van der Waals surface area contributed by atoms with Gasteiger partial charge in [-0.15, -0.1) is 0 Å². The van der Waals surface area contributed by atoms with E-state index in [4.69, 9.17) is 0 Å². The standard InChI is InChI=1S/C12H10O.C10H8/c13-12-9-5-4-8-11(12)10-6-2-1-3-7-10;1-2-6-10-8-4-3-7-9(10)5-1/h1-9,13H;1-8H. The number of hydrogen-bond acceptors (Lipinski definition) is 1. The molecule has 0 fully saturated rings. The van der Waals surface area contributed by atoms with E-state index in [0.29, 0.717) is 5.75 Å². The fourth-order valence-corrected chi connectivity index (χ4v) is 2.47. The molecule has 0 aliphatic rings. The molecule has 0 unspecified atom stereocenters. The van der Waals surface area contributed by atoms with Crippen molar-refractivity contribution < 1.29 is 5.11 Å². The largest absolute Gasteiger partial charge is 0.507 e. The van der Waals surface area contributed by atoms with E-state index in [-0.39, 0.29) is 0 Å². The maximum absolute atomic E-state index is 9.56. The van der Waals surface area contributed by atoms with Gasteiger partial charge in [0.05, 0.1) is 0 Å². The average molecular weight is 298 g/mol. The second-order valence-electron chi connectivity index (χ2n) is 5.23. The normalized spacial score (nSPS) is 9.91. The van der Waals surface area contributed by atoms with Crippen LogP contribution in [0.25, 0.3) is 21.9 Å². The summed E-state index contributed by atoms with van der Waals surface area (Å²) in [6.45, 7) is 0. The lowest BCUT2D eigenvalue weighted by molar-refractivity contribution is 0.477. The Morgan fingerprint density at radius 2 is 0.870 bits per heavy atom. The van der Waals surface area contributed by atoms with Crippen molar-refractivity contribution in [1.82, 2.24) is 0 Å². The zero-order valence-corrected chi connectivity index (χ0v) is 12.8. The Morgan fingerprint density at radius 3 is 1.39 bits per heavy atom. The van der Waals surface area contributed by atoms with E-state index in [1.54, 1.807) is 6.07 Å². The second-order valence-corrected chi connectivity index (χ2v) is 5.23. The number of fused-ring (bicyclic) bond motifs is 1. The molecule has 1 N–H and O–H groups in total. The van der Waals surface area contributed by atoms with Crippen LogP contribution in [-0.2, 0) is 0 Å². The molecule has 0 saturated carbocycles. The van der Waals surface area contributed by atoms with Gasteiger partial charge in [0.1, 0.15) is 5.75 Å². The third kappa shape index (κ3) is 3.78. The highest BCUT2D eigenvalue weighted by Crippen LogP contribution is 2.27. The third-order valence-electron chi connectivity index (χ3n) is 3.65. The van der Waals surface area contributed by atoms with Crippen LogP contribution in [0.2, 0.25) is 0 Å². The molecule has 0 amide bonds. The number of para-hydroxylation sites is 1. The van der Waals surface area contributed by atoms with Gasteiger partial charge in [0.25, 0.3) is 0 Å². The van der Waals surface area contributed by atoms with Crippen molar-refractivity contribution in [3.8, 4) is 16.9 Å². The second kappa shape index (κ2) is 7.28. The molecule has 0 saturated heterocycles. The van der Waals surface area contributed by atoms with Crippen LogP contribution < -0.4 is 0 Å². The molecule has 0 aromatic heterocycles. The van der Waals surface area contributed by atoms with Crippen LogP contribution in [0.4, 0.5) is 0 Å². The SMILES string of the molecule is Oc1ccccc1-c1ccccc1.c1ccc2ccccc2c1. The monoisotopic (exact) mass is 298 g/mol. The molecule has 1 nitrogen and oxygen atoms in total. The van der Waals surface area contributed by atoms with Gasteiger partial charge in [-0.25, -0.2) is 0 Å². The highest BCUT2D eigenvalue weighted by atomic mass is 16.3. The van der Waals surface area contributed by atoms with Crippen LogP contribution in [0, 0.1) is 0 Å². The van der Waals surface area contributed by atoms with Gasteiger partial charge < -0.3 is 5.11 Å². The van der Waals surface area contributed by atoms with E-state index in [1.807, 2.05) is 48.5 Å². The molecule has 0 radical (unpaired) electrons. The van der Waals surface area contributed by atoms with Gasteiger partial charge in [-0.2, -0.15) is 0 Å². The quantitative estimate of drug-likeness (QED) is 0.464. The molecule has 1 heteroatoms. The van der Waals surface area contributed by atoms with Crippen molar-refractivity contribution in [2.45, 2.75) is 0 Å². The number of rotatable bonds is 1. The Morgan fingerprint density at radius 1 is 0.435 bits per heavy atom. The minimum absolute atomic E-state index is 0.328. The maximum atomic E-state index is 9.56. The number of phenols is 1. The lowest BCUT2D eigenvalue weighted by atomic mass is 10.1. The fraction of sp³-hybridized carbons (Fsp3) is 0. The molecular formula is C22H18O. The topological polar surface area (TPSA) is 20.2 Å². The molecule has 4 aromatic rings. The predicted octanol–water partition coefficient (Wildman–Crippen LogP) is 5.90. The van der Waals surface area contributed by atoms with Crippen LogP contribution in [0.3, 0.4) is 0 Å². The van der Waals surface area contributed by atoms with Crippen LogP contribution in [-0.4, -0.2) is 5.11 Å². The molecule has 0 atom stereocenters. The summed E-state index contributed by atoms with van der Waals surface area (Å²) in [4.78, 5) is 0. The first kappa shape index (κ1) is 14.9. The summed E-state index contributed by atoms with van der Waals surface area (Å²) in [7, 11) is 0. The summed E-state index contributed by atoms with van der Waals surface area (Å²) < 4.78 is 0. The summed E-state index contributed by atoms with van der Waals surface area (Å²) in [5, 5.41) is 12.2. The van der Waals surface area contributed by atoms with Crippen molar-refractivity contribution in [1.29, 1.82) is 0 Å². The maximum Gasteiger partial charge on any atom is 0.123 e. The first-order valence-corrected chi connectivity index (χ1v) is 7.62. The molecule has 112 valence electrons. The molecule has 0 aliphatic carbocycles. The molecule has 0 aliphatic heterocycles. The summed E-state index contributed by atoms with van der Waals surface area (Å²) in [5.74, 6) is 0.328. The Bertz CT molecular complexity index is 817. The lowest BCUT2D eigenvalue weighted by Gasteiger charge is -2.02. The molecule has 0 bridgehead atoms. The molecule has 0 heterocycles. The van der Waals surface area contributed by atoms with Crippen molar-refractivity contribution in [2.75, 3.05) is 0 Å². The van der Waals surface area contributed by atoms with Gasteiger partial charge in [0, 0.05) is 5.56 Å². The smallest absolute Gasteiger partial charge is 0.123 e. The number of phenolic OH excluding ortho intramolecular Hbond substituents is 1. The summed E-state index contributed by atoms with van der Waals surface area (Å²) in [5.41, 5.74) is 1.92. The minimum Gasteiger partial charge on any atom is -0.507 e. The molecule has 4 aromatic carbocycles. The summed E-state index contributed by atoms with van der Waals surface area (Å²) >= 11 is 0. The van der Waals surface area contributed by atoms with Gasteiger partial charge >= 0.3 is 0 Å². The van der Waals surface area contributed by atoms with Gasteiger partial charge in [-0.05, 0) is 22.4 Å². The van der Waals surface area contributed by atoms with E-state index in [9.17, 15) is 5.11 Å². The fourth-order valence-electron chi connectivity index (χ4n) is 2.47. The average Bonchev–Trinajstić information content (AvgIpc) is 2.63. The van der Waals surface area contributed by atoms with E-state index < -0.39 is 0 Å². The summed E-state index contributed by atoms with van der Waals surface area (Å²) in [6.07, 6.45) is 0. The van der Waals surface area contributed by atoms with Crippen LogP contribution >= 0.6 is 0 Å². The predicted molar refractivity (Wildman–Crippen MR) is 97.5 cm³/mol. The van der Waals surface area contributed by atoms with Crippen molar-refractivity contribution in [3.05, 3.63) is 103 Å². The van der Waals surface area contributed by atoms with Gasteiger partial charge in [0.2, 0.25) is 0 Å². The van der Waals surface area contributed by atoms with Gasteiger partial charge in [-0.3, -0.25) is 0 Å². The Balaban J connectivity index is 0.000000140. The number of aromatic hydroxyl groups is 1. The first-order valence-electron chi connectivity index (χ1n) is 7.62. The van der Waals surface area contributed by atoms with E-state index >= 15 is 0 Å². The van der Waals surface area contributed by atoms with Crippen molar-refractivity contribution in [3.63, 3.8) is 0 Å². The number of hydrogen-bond donors (Lipinski definition) is 1. The third-order valence-corrected chi connectivity index (χ3v) is 3.65. The first-order chi connectivity index (χ1) is 11.3. The Labute approximate surface area is 136 Å². The number of benzene rings is 4. The molecule has 0 spiro atoms. The Kier molecular flexibility index (Phi) is 4.70. The highest BCUT2D eigenvalue weighted by Gasteiger charge is 2.00. The van der Waals surface area contributed by atoms with Crippen LogP contribution in [0.1, 0.15) is 0 Å². The molecule has 23 heavy (non-hydrogen) atoms. The van der Waals surface area contributed by atoms with Gasteiger partial charge in [-0.1, -0.05) is 97.1 Å². The van der Waals surface area contributed by atoms with E-state index in [1.165, 1.54) is 10.8 Å². The van der Waals surface area contributed by atoms with E-state index in [2.05, 4.69) is 48.5 Å². The minimum atomic E-state index is 0.328. The molecular weight excluding hydrogens is 280 g/mol. The van der Waals surface area contributed by atoms with Crippen LogP contribution in [0.5, 0.6) is 5.75 Å². The Hall–Kier alpha value is -3.06. The zero-order chi connectivity index (χ0) is 15.9. The van der Waals surface area contributed by atoms with Gasteiger partial charge in [0.15, 0.2) is 0 Å². The van der Waals surface area contributed by atoms with E-state index in [0.717, 1.165) is 11.1 Å². The summed E-state index contributed by atoms with van der Waals surface area (Å²) in [6, 6.07) is 33.9. The van der Waals surface area contributed by atoms with Crippen molar-refractivity contribution in [2.24, 2.45) is 0 Å². The lowest BCUT2D eigenvalue weighted by Crippen LogP contribution is -1.76. The molecule has 4 rings (SSSR count). The van der Waals surface area contributed by atoms with Crippen molar-refractivity contribution >= 4 is 10.8 Å². The highest BCUT2D eigenvalue weighted by molar-refractivity contribution is 5.82. The zero-order valence-electron chi connectivity index (χ0n) is 12.8. The van der Waals surface area contributed by atoms with Crippen LogP contribution in [0.15, 0.2) is 103 Å².